The first-order valence-corrected chi connectivity index (χ1v) is 6.32. The van der Waals surface area contributed by atoms with Crippen LogP contribution in [0.5, 0.6) is 0 Å². The number of carbonyl (C=O) groups is 2. The first-order chi connectivity index (χ1) is 8.58. The fourth-order valence-electron chi connectivity index (χ4n) is 1.77. The van der Waals surface area contributed by atoms with Crippen molar-refractivity contribution in [2.75, 3.05) is 0 Å². The van der Waals surface area contributed by atoms with E-state index in [1.54, 1.807) is 24.3 Å². The minimum atomic E-state index is -0.485. The van der Waals surface area contributed by atoms with Crippen LogP contribution in [0.15, 0.2) is 24.3 Å². The van der Waals surface area contributed by atoms with Crippen LogP contribution in [0.1, 0.15) is 30.1 Å². The molecule has 0 aromatic heterocycles. The number of nitrogens with one attached hydrogen (secondary N) is 2. The van der Waals surface area contributed by atoms with Crippen molar-refractivity contribution in [3.8, 4) is 0 Å². The maximum absolute atomic E-state index is 11.8. The maximum Gasteiger partial charge on any atom is 0.321 e. The van der Waals surface area contributed by atoms with Crippen LogP contribution in [0, 0.1) is 5.92 Å². The summed E-state index contributed by atoms with van der Waals surface area (Å²) in [4.78, 5) is 23.4. The molecule has 1 aliphatic rings. The monoisotopic (exact) mass is 266 g/mol. The number of rotatable bonds is 3. The van der Waals surface area contributed by atoms with Gasteiger partial charge in [-0.25, -0.2) is 4.79 Å². The highest BCUT2D eigenvalue weighted by Crippen LogP contribution is 2.32. The Hall–Kier alpha value is -1.55. The molecule has 18 heavy (non-hydrogen) atoms. The van der Waals surface area contributed by atoms with Gasteiger partial charge in [0.25, 0.3) is 5.91 Å². The van der Waals surface area contributed by atoms with Gasteiger partial charge in [0.05, 0.1) is 10.6 Å². The molecule has 1 aliphatic carbocycles. The highest BCUT2D eigenvalue weighted by atomic mass is 35.5. The molecule has 1 aromatic carbocycles. The fourth-order valence-corrected chi connectivity index (χ4v) is 1.99. The predicted molar refractivity (Wildman–Crippen MR) is 69.6 cm³/mol. The third-order valence-electron chi connectivity index (χ3n) is 3.03. The van der Waals surface area contributed by atoms with Gasteiger partial charge in [0.1, 0.15) is 0 Å². The van der Waals surface area contributed by atoms with Gasteiger partial charge in [-0.2, -0.15) is 0 Å². The summed E-state index contributed by atoms with van der Waals surface area (Å²) in [6, 6.07) is 6.25. The molecule has 0 heterocycles. The summed E-state index contributed by atoms with van der Waals surface area (Å²) < 4.78 is 0. The molecule has 0 saturated heterocycles. The summed E-state index contributed by atoms with van der Waals surface area (Å²) >= 11 is 5.88. The number of benzene rings is 1. The Morgan fingerprint density at radius 3 is 2.61 bits per heavy atom. The van der Waals surface area contributed by atoms with E-state index in [1.165, 1.54) is 0 Å². The fraction of sp³-hybridized carbons (Fsp3) is 0.385. The Morgan fingerprint density at radius 2 is 2.00 bits per heavy atom. The Labute approximate surface area is 111 Å². The number of carbonyl (C=O) groups excluding carboxylic acids is 2. The van der Waals surface area contributed by atoms with E-state index in [2.05, 4.69) is 10.6 Å². The second kappa shape index (κ2) is 5.40. The number of hydrogen-bond donors (Lipinski definition) is 2. The van der Waals surface area contributed by atoms with Gasteiger partial charge in [0, 0.05) is 6.04 Å². The van der Waals surface area contributed by atoms with Crippen LogP contribution in [0.25, 0.3) is 0 Å². The van der Waals surface area contributed by atoms with Gasteiger partial charge in [-0.15, -0.1) is 0 Å². The van der Waals surface area contributed by atoms with Crippen molar-refractivity contribution in [3.05, 3.63) is 34.9 Å². The van der Waals surface area contributed by atoms with Crippen molar-refractivity contribution >= 4 is 23.5 Å². The van der Waals surface area contributed by atoms with Crippen LogP contribution >= 0.6 is 11.6 Å². The second-order valence-corrected chi connectivity index (χ2v) is 4.94. The summed E-state index contributed by atoms with van der Waals surface area (Å²) in [5.74, 6) is 0.0623. The maximum atomic E-state index is 11.8. The lowest BCUT2D eigenvalue weighted by Crippen LogP contribution is -2.44. The van der Waals surface area contributed by atoms with Crippen molar-refractivity contribution in [1.29, 1.82) is 0 Å². The molecule has 1 aromatic rings. The van der Waals surface area contributed by atoms with Gasteiger partial charge in [-0.1, -0.05) is 23.7 Å². The lowest BCUT2D eigenvalue weighted by molar-refractivity contribution is 0.0963. The van der Waals surface area contributed by atoms with Crippen LogP contribution < -0.4 is 10.6 Å². The zero-order valence-electron chi connectivity index (χ0n) is 10.1. The first kappa shape index (κ1) is 12.9. The summed E-state index contributed by atoms with van der Waals surface area (Å²) in [6.45, 7) is 1.94. The molecule has 0 aliphatic heterocycles. The van der Waals surface area contributed by atoms with Crippen LogP contribution in [0.3, 0.4) is 0 Å². The summed E-state index contributed by atoms with van der Waals surface area (Å²) in [5.41, 5.74) is 0.299. The molecule has 1 fully saturated rings. The lowest BCUT2D eigenvalue weighted by Gasteiger charge is -2.13. The number of amides is 3. The molecule has 2 rings (SSSR count). The molecular weight excluding hydrogens is 252 g/mol. The standard InChI is InChI=1S/C13H15ClN2O2/c1-8(9-6-7-9)15-13(18)16-12(17)10-4-2-3-5-11(10)14/h2-5,8-9H,6-7H2,1H3,(H2,15,16,17,18). The van der Waals surface area contributed by atoms with Gasteiger partial charge < -0.3 is 5.32 Å². The largest absolute Gasteiger partial charge is 0.335 e. The third kappa shape index (κ3) is 3.23. The molecule has 2 N–H and O–H groups in total. The number of hydrogen-bond acceptors (Lipinski definition) is 2. The smallest absolute Gasteiger partial charge is 0.321 e. The third-order valence-corrected chi connectivity index (χ3v) is 3.36. The minimum Gasteiger partial charge on any atom is -0.335 e. The minimum absolute atomic E-state index is 0.101. The molecular formula is C13H15ClN2O2. The van der Waals surface area contributed by atoms with Gasteiger partial charge in [0.15, 0.2) is 0 Å². The number of urea groups is 1. The van der Waals surface area contributed by atoms with Crippen molar-refractivity contribution < 1.29 is 9.59 Å². The van der Waals surface area contributed by atoms with E-state index in [4.69, 9.17) is 11.6 Å². The van der Waals surface area contributed by atoms with Gasteiger partial charge >= 0.3 is 6.03 Å². The van der Waals surface area contributed by atoms with Gasteiger partial charge in [0.2, 0.25) is 0 Å². The molecule has 1 unspecified atom stereocenters. The normalized spacial score (nSPS) is 15.9. The van der Waals surface area contributed by atoms with Crippen molar-refractivity contribution in [2.24, 2.45) is 5.92 Å². The Morgan fingerprint density at radius 1 is 1.33 bits per heavy atom. The Bertz CT molecular complexity index is 472. The quantitative estimate of drug-likeness (QED) is 0.883. The van der Waals surface area contributed by atoms with E-state index < -0.39 is 11.9 Å². The van der Waals surface area contributed by atoms with E-state index in [1.807, 2.05) is 6.92 Å². The highest BCUT2D eigenvalue weighted by molar-refractivity contribution is 6.34. The topological polar surface area (TPSA) is 58.2 Å². The molecule has 0 spiro atoms. The molecule has 5 heteroatoms. The Balaban J connectivity index is 1.90. The van der Waals surface area contributed by atoms with Gasteiger partial charge in [-0.05, 0) is 37.8 Å². The van der Waals surface area contributed by atoms with E-state index >= 15 is 0 Å². The Kier molecular flexibility index (Phi) is 3.87. The average Bonchev–Trinajstić information content (AvgIpc) is 3.12. The SMILES string of the molecule is CC(NC(=O)NC(=O)c1ccccc1Cl)C1CC1. The molecule has 3 amide bonds. The molecule has 1 atom stereocenters. The van der Waals surface area contributed by atoms with Crippen LogP contribution in [0.4, 0.5) is 4.79 Å². The second-order valence-electron chi connectivity index (χ2n) is 4.53. The van der Waals surface area contributed by atoms with E-state index in [0.29, 0.717) is 16.5 Å². The van der Waals surface area contributed by atoms with Crippen molar-refractivity contribution in [1.82, 2.24) is 10.6 Å². The zero-order chi connectivity index (χ0) is 13.1. The highest BCUT2D eigenvalue weighted by Gasteiger charge is 2.29. The molecule has 1 saturated carbocycles. The van der Waals surface area contributed by atoms with Crippen LogP contribution in [-0.2, 0) is 0 Å². The lowest BCUT2D eigenvalue weighted by atomic mass is 10.2. The van der Waals surface area contributed by atoms with E-state index in [9.17, 15) is 9.59 Å². The summed E-state index contributed by atoms with van der Waals surface area (Å²) in [6.07, 6.45) is 2.28. The molecule has 0 radical (unpaired) electrons. The molecule has 4 nitrogen and oxygen atoms in total. The number of imide groups is 1. The first-order valence-electron chi connectivity index (χ1n) is 5.94. The zero-order valence-corrected chi connectivity index (χ0v) is 10.8. The average molecular weight is 267 g/mol. The van der Waals surface area contributed by atoms with Crippen LogP contribution in [-0.4, -0.2) is 18.0 Å². The van der Waals surface area contributed by atoms with Crippen molar-refractivity contribution in [3.63, 3.8) is 0 Å². The summed E-state index contributed by atoms with van der Waals surface area (Å²) in [5, 5.41) is 5.36. The number of halogens is 1. The summed E-state index contributed by atoms with van der Waals surface area (Å²) in [7, 11) is 0. The van der Waals surface area contributed by atoms with E-state index in [0.717, 1.165) is 12.8 Å². The molecule has 96 valence electrons. The van der Waals surface area contributed by atoms with Crippen LogP contribution in [0.2, 0.25) is 5.02 Å². The van der Waals surface area contributed by atoms with Crippen molar-refractivity contribution in [2.45, 2.75) is 25.8 Å². The van der Waals surface area contributed by atoms with Gasteiger partial charge in [-0.3, -0.25) is 10.1 Å². The predicted octanol–water partition coefficient (Wildman–Crippen LogP) is 2.58. The molecule has 0 bridgehead atoms. The van der Waals surface area contributed by atoms with E-state index in [-0.39, 0.29) is 6.04 Å².